The Morgan fingerprint density at radius 2 is 2.14 bits per heavy atom. The Morgan fingerprint density at radius 1 is 1.50 bits per heavy atom. The maximum absolute atomic E-state index is 10.7. The van der Waals surface area contributed by atoms with Crippen LogP contribution in [0.15, 0.2) is 24.3 Å². The molecule has 14 heavy (non-hydrogen) atoms. The van der Waals surface area contributed by atoms with Gasteiger partial charge in [-0.25, -0.2) is 0 Å². The molecule has 72 valence electrons. The number of nitriles is 1. The smallest absolute Gasteiger partial charge is 0.128 e. The molecule has 1 aromatic rings. The summed E-state index contributed by atoms with van der Waals surface area (Å²) in [6.45, 7) is 0. The van der Waals surface area contributed by atoms with Crippen LogP contribution in [0.25, 0.3) is 0 Å². The molecule has 1 aromatic carbocycles. The summed E-state index contributed by atoms with van der Waals surface area (Å²) in [7, 11) is 1.58. The number of hydrogen-bond donors (Lipinski definition) is 0. The van der Waals surface area contributed by atoms with E-state index in [9.17, 15) is 4.79 Å². The van der Waals surface area contributed by atoms with Gasteiger partial charge in [0, 0.05) is 6.42 Å². The van der Waals surface area contributed by atoms with Crippen LogP contribution in [0.4, 0.5) is 0 Å². The van der Waals surface area contributed by atoms with Crippen molar-refractivity contribution < 1.29 is 9.53 Å². The molecule has 0 N–H and O–H groups in total. The van der Waals surface area contributed by atoms with Gasteiger partial charge in [-0.15, -0.1) is 0 Å². The third-order valence-electron chi connectivity index (χ3n) is 2.02. The fraction of sp³-hybridized carbons (Fsp3) is 0.273. The van der Waals surface area contributed by atoms with E-state index < -0.39 is 0 Å². The Kier molecular flexibility index (Phi) is 3.69. The molecular formula is C11H11NO2. The van der Waals surface area contributed by atoms with Gasteiger partial charge in [0.1, 0.15) is 12.0 Å². The predicted molar refractivity (Wildman–Crippen MR) is 52.0 cm³/mol. The second-order valence-electron chi connectivity index (χ2n) is 2.88. The summed E-state index contributed by atoms with van der Waals surface area (Å²) in [5.74, 6) is 0.418. The molecule has 3 nitrogen and oxygen atoms in total. The van der Waals surface area contributed by atoms with E-state index in [0.29, 0.717) is 0 Å². The van der Waals surface area contributed by atoms with Crippen molar-refractivity contribution >= 4 is 6.29 Å². The van der Waals surface area contributed by atoms with Gasteiger partial charge >= 0.3 is 0 Å². The van der Waals surface area contributed by atoms with Gasteiger partial charge in [-0.3, -0.25) is 0 Å². The van der Waals surface area contributed by atoms with Gasteiger partial charge in [0.15, 0.2) is 0 Å². The van der Waals surface area contributed by atoms with Crippen molar-refractivity contribution in [3.05, 3.63) is 29.8 Å². The number of hydrogen-bond acceptors (Lipinski definition) is 3. The Morgan fingerprint density at radius 3 is 2.57 bits per heavy atom. The summed E-state index contributed by atoms with van der Waals surface area (Å²) >= 11 is 0. The minimum Gasteiger partial charge on any atom is -0.497 e. The first-order chi connectivity index (χ1) is 6.81. The van der Waals surface area contributed by atoms with E-state index in [1.165, 1.54) is 0 Å². The fourth-order valence-corrected chi connectivity index (χ4v) is 1.19. The van der Waals surface area contributed by atoms with Gasteiger partial charge in [-0.1, -0.05) is 12.1 Å². The highest BCUT2D eigenvalue weighted by Crippen LogP contribution is 2.20. The Bertz CT molecular complexity index is 337. The molecule has 0 aliphatic rings. The lowest BCUT2D eigenvalue weighted by molar-refractivity contribution is -0.109. The first-order valence-electron chi connectivity index (χ1n) is 4.28. The van der Waals surface area contributed by atoms with Gasteiger partial charge in [0.2, 0.25) is 0 Å². The van der Waals surface area contributed by atoms with Crippen molar-refractivity contribution in [2.24, 2.45) is 0 Å². The van der Waals surface area contributed by atoms with E-state index in [-0.39, 0.29) is 12.3 Å². The van der Waals surface area contributed by atoms with Gasteiger partial charge < -0.3 is 9.53 Å². The van der Waals surface area contributed by atoms with E-state index in [1.54, 1.807) is 31.4 Å². The van der Waals surface area contributed by atoms with Crippen LogP contribution in [0.5, 0.6) is 5.75 Å². The van der Waals surface area contributed by atoms with Crippen molar-refractivity contribution in [1.29, 1.82) is 5.26 Å². The van der Waals surface area contributed by atoms with Crippen molar-refractivity contribution in [2.45, 2.75) is 12.3 Å². The molecule has 0 bridgehead atoms. The largest absolute Gasteiger partial charge is 0.497 e. The maximum Gasteiger partial charge on any atom is 0.128 e. The van der Waals surface area contributed by atoms with E-state index in [1.807, 2.05) is 6.07 Å². The molecular weight excluding hydrogens is 178 g/mol. The van der Waals surface area contributed by atoms with Gasteiger partial charge in [-0.2, -0.15) is 5.26 Å². The third-order valence-corrected chi connectivity index (χ3v) is 2.02. The second-order valence-corrected chi connectivity index (χ2v) is 2.88. The van der Waals surface area contributed by atoms with Crippen LogP contribution in [0, 0.1) is 11.3 Å². The molecule has 1 rings (SSSR count). The first kappa shape index (κ1) is 10.3. The van der Waals surface area contributed by atoms with Crippen LogP contribution in [0.3, 0.4) is 0 Å². The molecule has 0 radical (unpaired) electrons. The highest BCUT2D eigenvalue weighted by molar-refractivity contribution is 5.62. The summed E-state index contributed by atoms with van der Waals surface area (Å²) in [5, 5.41) is 8.50. The minimum absolute atomic E-state index is 0.218. The molecule has 0 aromatic heterocycles. The van der Waals surface area contributed by atoms with E-state index in [4.69, 9.17) is 10.00 Å². The van der Waals surface area contributed by atoms with Gasteiger partial charge in [0.05, 0.1) is 19.1 Å². The molecule has 1 atom stereocenters. The number of nitrogens with zero attached hydrogens (tertiary/aromatic N) is 1. The molecule has 1 unspecified atom stereocenters. The SMILES string of the molecule is COc1ccc(C(C=O)CC#N)cc1. The summed E-state index contributed by atoms with van der Waals surface area (Å²) < 4.78 is 4.99. The number of aldehydes is 1. The molecule has 0 aliphatic heterocycles. The number of benzene rings is 1. The Labute approximate surface area is 82.9 Å². The number of methoxy groups -OCH3 is 1. The number of carbonyl (C=O) groups excluding carboxylic acids is 1. The van der Waals surface area contributed by atoms with Crippen LogP contribution < -0.4 is 4.74 Å². The molecule has 3 heteroatoms. The first-order valence-corrected chi connectivity index (χ1v) is 4.28. The zero-order valence-corrected chi connectivity index (χ0v) is 7.93. The molecule has 0 aliphatic carbocycles. The third kappa shape index (κ3) is 2.33. The van der Waals surface area contributed by atoms with Crippen molar-refractivity contribution in [3.8, 4) is 11.8 Å². The highest BCUT2D eigenvalue weighted by Gasteiger charge is 2.09. The monoisotopic (exact) mass is 189 g/mol. The Balaban J connectivity index is 2.84. The zero-order valence-electron chi connectivity index (χ0n) is 7.93. The second kappa shape index (κ2) is 5.03. The molecule has 0 amide bonds. The van der Waals surface area contributed by atoms with Crippen molar-refractivity contribution in [2.75, 3.05) is 7.11 Å². The minimum atomic E-state index is -0.328. The van der Waals surface area contributed by atoms with Gasteiger partial charge in [0.25, 0.3) is 0 Å². The van der Waals surface area contributed by atoms with Gasteiger partial charge in [-0.05, 0) is 17.7 Å². The molecule has 0 heterocycles. The highest BCUT2D eigenvalue weighted by atomic mass is 16.5. The molecule has 0 spiro atoms. The maximum atomic E-state index is 10.7. The zero-order chi connectivity index (χ0) is 10.4. The number of ether oxygens (including phenoxy) is 1. The predicted octanol–water partition coefficient (Wildman–Crippen LogP) is 1.89. The quantitative estimate of drug-likeness (QED) is 0.679. The average molecular weight is 189 g/mol. The number of rotatable bonds is 4. The summed E-state index contributed by atoms with van der Waals surface area (Å²) in [6.07, 6.45) is 1.01. The van der Waals surface area contributed by atoms with Crippen molar-refractivity contribution in [1.82, 2.24) is 0 Å². The normalized spacial score (nSPS) is 11.4. The molecule has 0 fully saturated rings. The summed E-state index contributed by atoms with van der Waals surface area (Å²) in [4.78, 5) is 10.7. The summed E-state index contributed by atoms with van der Waals surface area (Å²) in [6, 6.07) is 9.15. The van der Waals surface area contributed by atoms with Crippen LogP contribution in [-0.4, -0.2) is 13.4 Å². The molecule has 0 saturated heterocycles. The lowest BCUT2D eigenvalue weighted by Gasteiger charge is -2.06. The van der Waals surface area contributed by atoms with Crippen LogP contribution in [0.1, 0.15) is 17.9 Å². The van der Waals surface area contributed by atoms with Crippen LogP contribution in [-0.2, 0) is 4.79 Å². The average Bonchev–Trinajstić information content (AvgIpc) is 2.26. The van der Waals surface area contributed by atoms with Crippen LogP contribution >= 0.6 is 0 Å². The van der Waals surface area contributed by atoms with Crippen molar-refractivity contribution in [3.63, 3.8) is 0 Å². The lowest BCUT2D eigenvalue weighted by atomic mass is 9.98. The molecule has 0 saturated carbocycles. The Hall–Kier alpha value is -1.82. The fourth-order valence-electron chi connectivity index (χ4n) is 1.19. The summed E-state index contributed by atoms with van der Waals surface area (Å²) in [5.41, 5.74) is 0.849. The standard InChI is InChI=1S/C11H11NO2/c1-14-11-4-2-9(3-5-11)10(8-13)6-7-12/h2-5,8,10H,6H2,1H3. The van der Waals surface area contributed by atoms with E-state index in [0.717, 1.165) is 17.6 Å². The number of carbonyl (C=O) groups is 1. The lowest BCUT2D eigenvalue weighted by Crippen LogP contribution is -1.98. The topological polar surface area (TPSA) is 50.1 Å². The van der Waals surface area contributed by atoms with E-state index in [2.05, 4.69) is 0 Å². The van der Waals surface area contributed by atoms with E-state index >= 15 is 0 Å². The van der Waals surface area contributed by atoms with Crippen LogP contribution in [0.2, 0.25) is 0 Å².